The molecule has 1 aliphatic rings. The van der Waals surface area contributed by atoms with Crippen LogP contribution in [0.3, 0.4) is 0 Å². The van der Waals surface area contributed by atoms with Crippen molar-refractivity contribution in [2.75, 3.05) is 18.4 Å². The van der Waals surface area contributed by atoms with Crippen molar-refractivity contribution in [2.24, 2.45) is 5.41 Å². The number of hydrogen-bond donors (Lipinski definition) is 3. The first-order chi connectivity index (χ1) is 8.92. The monoisotopic (exact) mass is 262 g/mol. The van der Waals surface area contributed by atoms with Crippen LogP contribution in [0.5, 0.6) is 5.75 Å². The largest absolute Gasteiger partial charge is 0.505 e. The van der Waals surface area contributed by atoms with Gasteiger partial charge in [0.25, 0.3) is 0 Å². The van der Waals surface area contributed by atoms with Crippen LogP contribution in [0.1, 0.15) is 30.9 Å². The molecule has 19 heavy (non-hydrogen) atoms. The van der Waals surface area contributed by atoms with Gasteiger partial charge in [-0.2, -0.15) is 0 Å². The highest BCUT2D eigenvalue weighted by molar-refractivity contribution is 5.96. The number of benzene rings is 1. The molecule has 0 spiro atoms. The van der Waals surface area contributed by atoms with Gasteiger partial charge in [0.15, 0.2) is 0 Å². The summed E-state index contributed by atoms with van der Waals surface area (Å²) in [6, 6.07) is 3.71. The van der Waals surface area contributed by atoms with E-state index in [0.29, 0.717) is 5.69 Å². The summed E-state index contributed by atoms with van der Waals surface area (Å²) in [6.07, 6.45) is 1.65. The lowest BCUT2D eigenvalue weighted by Gasteiger charge is -2.32. The van der Waals surface area contributed by atoms with Gasteiger partial charge < -0.3 is 15.7 Å². The summed E-state index contributed by atoms with van der Waals surface area (Å²) in [4.78, 5) is 12.4. The Morgan fingerprint density at radius 2 is 1.95 bits per heavy atom. The zero-order valence-corrected chi connectivity index (χ0v) is 11.8. The third kappa shape index (κ3) is 2.89. The van der Waals surface area contributed by atoms with Crippen LogP contribution in [-0.2, 0) is 4.79 Å². The molecule has 0 saturated carbocycles. The van der Waals surface area contributed by atoms with Gasteiger partial charge in [-0.05, 0) is 57.0 Å². The molecule has 0 radical (unpaired) electrons. The van der Waals surface area contributed by atoms with Gasteiger partial charge >= 0.3 is 0 Å². The number of rotatable bonds is 2. The fourth-order valence-corrected chi connectivity index (χ4v) is 2.53. The average molecular weight is 262 g/mol. The van der Waals surface area contributed by atoms with E-state index in [0.717, 1.165) is 37.1 Å². The number of hydrogen-bond acceptors (Lipinski definition) is 3. The van der Waals surface area contributed by atoms with Crippen molar-refractivity contribution >= 4 is 11.6 Å². The van der Waals surface area contributed by atoms with E-state index in [4.69, 9.17) is 0 Å². The molecule has 1 saturated heterocycles. The molecule has 0 aliphatic carbocycles. The molecule has 0 aromatic heterocycles. The van der Waals surface area contributed by atoms with Crippen LogP contribution < -0.4 is 10.6 Å². The number of carbonyl (C=O) groups excluding carboxylic acids is 1. The number of anilines is 1. The number of amides is 1. The summed E-state index contributed by atoms with van der Waals surface area (Å²) in [7, 11) is 0. The minimum absolute atomic E-state index is 0.00528. The Hall–Kier alpha value is -1.55. The standard InChI is InChI=1S/C15H22N2O2/c1-10-8-11(2)13(18)12(9-10)17-14(19)15(3)4-6-16-7-5-15/h8-9,16,18H,4-7H2,1-3H3,(H,17,19). The third-order valence-electron chi connectivity index (χ3n) is 3.95. The van der Waals surface area contributed by atoms with E-state index in [-0.39, 0.29) is 17.1 Å². The molecule has 2 rings (SSSR count). The molecule has 0 bridgehead atoms. The van der Waals surface area contributed by atoms with E-state index >= 15 is 0 Å². The van der Waals surface area contributed by atoms with Crippen molar-refractivity contribution in [3.8, 4) is 5.75 Å². The SMILES string of the molecule is Cc1cc(C)c(O)c(NC(=O)C2(C)CCNCC2)c1. The number of aryl methyl sites for hydroxylation is 2. The van der Waals surface area contributed by atoms with Gasteiger partial charge in [0.2, 0.25) is 5.91 Å². The first-order valence-electron chi connectivity index (χ1n) is 6.75. The van der Waals surface area contributed by atoms with Gasteiger partial charge in [0, 0.05) is 5.41 Å². The van der Waals surface area contributed by atoms with Crippen molar-refractivity contribution < 1.29 is 9.90 Å². The second-order valence-electron chi connectivity index (χ2n) is 5.74. The summed E-state index contributed by atoms with van der Waals surface area (Å²) < 4.78 is 0. The molecule has 4 heteroatoms. The number of aromatic hydroxyl groups is 1. The fraction of sp³-hybridized carbons (Fsp3) is 0.533. The number of phenols is 1. The Balaban J connectivity index is 2.19. The van der Waals surface area contributed by atoms with Gasteiger partial charge in [-0.3, -0.25) is 4.79 Å². The second kappa shape index (κ2) is 5.21. The third-order valence-corrected chi connectivity index (χ3v) is 3.95. The summed E-state index contributed by atoms with van der Waals surface area (Å²) >= 11 is 0. The van der Waals surface area contributed by atoms with E-state index in [9.17, 15) is 9.90 Å². The van der Waals surface area contributed by atoms with E-state index in [1.807, 2.05) is 32.9 Å². The topological polar surface area (TPSA) is 61.4 Å². The molecule has 104 valence electrons. The number of phenolic OH excluding ortho intramolecular Hbond substituents is 1. The summed E-state index contributed by atoms with van der Waals surface area (Å²) in [5, 5.41) is 16.2. The van der Waals surface area contributed by atoms with Crippen LogP contribution in [0.15, 0.2) is 12.1 Å². The van der Waals surface area contributed by atoms with Gasteiger partial charge in [0.1, 0.15) is 5.75 Å². The first-order valence-corrected chi connectivity index (χ1v) is 6.75. The average Bonchev–Trinajstić information content (AvgIpc) is 2.36. The van der Waals surface area contributed by atoms with E-state index in [1.165, 1.54) is 0 Å². The molecule has 1 amide bonds. The van der Waals surface area contributed by atoms with Gasteiger partial charge in [-0.1, -0.05) is 13.0 Å². The summed E-state index contributed by atoms with van der Waals surface area (Å²) in [5.74, 6) is 0.158. The molecule has 0 atom stereocenters. The van der Waals surface area contributed by atoms with Crippen molar-refractivity contribution in [3.63, 3.8) is 0 Å². The lowest BCUT2D eigenvalue weighted by Crippen LogP contribution is -2.42. The van der Waals surface area contributed by atoms with Crippen molar-refractivity contribution in [2.45, 2.75) is 33.6 Å². The van der Waals surface area contributed by atoms with Crippen molar-refractivity contribution in [1.29, 1.82) is 0 Å². The van der Waals surface area contributed by atoms with Gasteiger partial charge in [-0.25, -0.2) is 0 Å². The molecule has 1 aliphatic heterocycles. The lowest BCUT2D eigenvalue weighted by atomic mass is 9.80. The van der Waals surface area contributed by atoms with Crippen molar-refractivity contribution in [3.05, 3.63) is 23.3 Å². The second-order valence-corrected chi connectivity index (χ2v) is 5.74. The molecule has 0 unspecified atom stereocenters. The molecule has 1 aromatic rings. The Morgan fingerprint density at radius 3 is 2.58 bits per heavy atom. The highest BCUT2D eigenvalue weighted by atomic mass is 16.3. The van der Waals surface area contributed by atoms with E-state index in [1.54, 1.807) is 0 Å². The highest BCUT2D eigenvalue weighted by Gasteiger charge is 2.34. The molecule has 3 N–H and O–H groups in total. The lowest BCUT2D eigenvalue weighted by molar-refractivity contribution is -0.126. The predicted molar refractivity (Wildman–Crippen MR) is 76.4 cm³/mol. The summed E-state index contributed by atoms with van der Waals surface area (Å²) in [6.45, 7) is 7.51. The maximum absolute atomic E-state index is 12.4. The Kier molecular flexibility index (Phi) is 3.80. The molecule has 1 aromatic carbocycles. The fourth-order valence-electron chi connectivity index (χ4n) is 2.53. The van der Waals surface area contributed by atoms with Crippen LogP contribution in [0.4, 0.5) is 5.69 Å². The van der Waals surface area contributed by atoms with E-state index < -0.39 is 0 Å². The van der Waals surface area contributed by atoms with Gasteiger partial charge in [0.05, 0.1) is 5.69 Å². The van der Waals surface area contributed by atoms with Crippen LogP contribution in [0, 0.1) is 19.3 Å². The quantitative estimate of drug-likeness (QED) is 0.717. The molecule has 4 nitrogen and oxygen atoms in total. The van der Waals surface area contributed by atoms with Crippen molar-refractivity contribution in [1.82, 2.24) is 5.32 Å². The Labute approximate surface area is 114 Å². The molecule has 1 heterocycles. The maximum atomic E-state index is 12.4. The van der Waals surface area contributed by atoms with Crippen LogP contribution in [-0.4, -0.2) is 24.1 Å². The van der Waals surface area contributed by atoms with Crippen LogP contribution >= 0.6 is 0 Å². The minimum atomic E-state index is -0.352. The smallest absolute Gasteiger partial charge is 0.230 e. The Bertz CT molecular complexity index is 491. The zero-order valence-electron chi connectivity index (χ0n) is 11.8. The predicted octanol–water partition coefficient (Wildman–Crippen LogP) is 2.34. The minimum Gasteiger partial charge on any atom is -0.505 e. The highest BCUT2D eigenvalue weighted by Crippen LogP contribution is 2.33. The zero-order chi connectivity index (χ0) is 14.0. The Morgan fingerprint density at radius 1 is 1.32 bits per heavy atom. The number of carbonyl (C=O) groups is 1. The molecular formula is C15H22N2O2. The maximum Gasteiger partial charge on any atom is 0.230 e. The van der Waals surface area contributed by atoms with E-state index in [2.05, 4.69) is 10.6 Å². The van der Waals surface area contributed by atoms with Gasteiger partial charge in [-0.15, -0.1) is 0 Å². The number of piperidine rings is 1. The number of nitrogens with one attached hydrogen (secondary N) is 2. The summed E-state index contributed by atoms with van der Waals surface area (Å²) in [5.41, 5.74) is 1.98. The normalized spacial score (nSPS) is 18.1. The van der Waals surface area contributed by atoms with Crippen LogP contribution in [0.25, 0.3) is 0 Å². The first kappa shape index (κ1) is 13.9. The molecule has 1 fully saturated rings. The molecular weight excluding hydrogens is 240 g/mol. The van der Waals surface area contributed by atoms with Crippen LogP contribution in [0.2, 0.25) is 0 Å².